The van der Waals surface area contributed by atoms with Gasteiger partial charge in [0, 0.05) is 35.7 Å². The first-order valence-corrected chi connectivity index (χ1v) is 9.58. The van der Waals surface area contributed by atoms with Crippen LogP contribution in [0, 0.1) is 12.8 Å². The van der Waals surface area contributed by atoms with Gasteiger partial charge >= 0.3 is 5.97 Å². The number of benzene rings is 1. The summed E-state index contributed by atoms with van der Waals surface area (Å²) in [5, 5.41) is 10.1. The maximum Gasteiger partial charge on any atom is 0.308 e. The summed E-state index contributed by atoms with van der Waals surface area (Å²) < 4.78 is 30.2. The Labute approximate surface area is 140 Å². The Morgan fingerprint density at radius 1 is 1.25 bits per heavy atom. The van der Waals surface area contributed by atoms with Crippen LogP contribution in [0.1, 0.15) is 25.0 Å². The summed E-state index contributed by atoms with van der Waals surface area (Å²) in [5.74, 6) is -1.48. The van der Waals surface area contributed by atoms with E-state index >= 15 is 0 Å². The van der Waals surface area contributed by atoms with Gasteiger partial charge in [-0.3, -0.25) is 4.79 Å². The number of aryl methyl sites for hydroxylation is 1. The molecule has 2 saturated heterocycles. The monoisotopic (exact) mass is 348 g/mol. The highest BCUT2D eigenvalue weighted by Crippen LogP contribution is 2.46. The molecule has 2 bridgehead atoms. The Kier molecular flexibility index (Phi) is 3.30. The van der Waals surface area contributed by atoms with E-state index in [1.807, 2.05) is 35.9 Å². The van der Waals surface area contributed by atoms with Crippen molar-refractivity contribution in [2.45, 2.75) is 43.2 Å². The van der Waals surface area contributed by atoms with Crippen LogP contribution in [-0.2, 0) is 21.9 Å². The van der Waals surface area contributed by atoms with Crippen LogP contribution in [0.2, 0.25) is 0 Å². The zero-order chi connectivity index (χ0) is 17.2. The van der Waals surface area contributed by atoms with Crippen molar-refractivity contribution in [1.82, 2.24) is 8.87 Å². The maximum atomic E-state index is 13.4. The van der Waals surface area contributed by atoms with Gasteiger partial charge in [-0.15, -0.1) is 0 Å². The van der Waals surface area contributed by atoms with Crippen molar-refractivity contribution in [3.63, 3.8) is 0 Å². The Morgan fingerprint density at radius 3 is 2.62 bits per heavy atom. The molecule has 2 aromatic rings. The van der Waals surface area contributed by atoms with E-state index in [9.17, 15) is 18.3 Å². The quantitative estimate of drug-likeness (QED) is 0.921. The third-order valence-electron chi connectivity index (χ3n) is 5.67. The Morgan fingerprint density at radius 2 is 1.96 bits per heavy atom. The van der Waals surface area contributed by atoms with Crippen LogP contribution in [0.15, 0.2) is 29.2 Å². The summed E-state index contributed by atoms with van der Waals surface area (Å²) in [5.41, 5.74) is 1.56. The number of rotatable bonds is 3. The second-order valence-electron chi connectivity index (χ2n) is 6.80. The van der Waals surface area contributed by atoms with Crippen molar-refractivity contribution in [3.05, 3.63) is 30.0 Å². The van der Waals surface area contributed by atoms with E-state index < -0.39 is 28.0 Å². The molecule has 0 saturated carbocycles. The lowest BCUT2D eigenvalue weighted by Gasteiger charge is -2.22. The SMILES string of the molecule is Cc1c(S(=O)(=O)N2C3CCC2C(C(=O)O)C3)c2ccccc2n1C. The lowest BCUT2D eigenvalue weighted by atomic mass is 9.89. The lowest BCUT2D eigenvalue weighted by molar-refractivity contribution is -0.142. The van der Waals surface area contributed by atoms with Crippen molar-refractivity contribution in [3.8, 4) is 0 Å². The molecule has 0 radical (unpaired) electrons. The Bertz CT molecular complexity index is 947. The minimum Gasteiger partial charge on any atom is -0.481 e. The highest BCUT2D eigenvalue weighted by molar-refractivity contribution is 7.89. The first-order valence-electron chi connectivity index (χ1n) is 8.14. The molecule has 1 aromatic carbocycles. The minimum atomic E-state index is -3.73. The van der Waals surface area contributed by atoms with Gasteiger partial charge in [0.05, 0.1) is 5.92 Å². The molecule has 24 heavy (non-hydrogen) atoms. The largest absolute Gasteiger partial charge is 0.481 e. The predicted molar refractivity (Wildman–Crippen MR) is 89.2 cm³/mol. The number of aromatic nitrogens is 1. The zero-order valence-electron chi connectivity index (χ0n) is 13.6. The molecular weight excluding hydrogens is 328 g/mol. The van der Waals surface area contributed by atoms with Crippen molar-refractivity contribution in [1.29, 1.82) is 0 Å². The lowest BCUT2D eigenvalue weighted by Crippen LogP contribution is -2.38. The molecule has 3 heterocycles. The highest BCUT2D eigenvalue weighted by atomic mass is 32.2. The maximum absolute atomic E-state index is 13.4. The second kappa shape index (κ2) is 5.07. The van der Waals surface area contributed by atoms with E-state index in [-0.39, 0.29) is 6.04 Å². The molecule has 6 nitrogen and oxygen atoms in total. The van der Waals surface area contributed by atoms with E-state index in [1.54, 1.807) is 6.92 Å². The van der Waals surface area contributed by atoms with Gasteiger partial charge in [0.1, 0.15) is 4.90 Å². The Hall–Kier alpha value is -1.86. The fraction of sp³-hybridized carbons (Fsp3) is 0.471. The average Bonchev–Trinajstić information content (AvgIpc) is 3.19. The van der Waals surface area contributed by atoms with E-state index in [1.165, 1.54) is 4.31 Å². The number of carboxylic acid groups (broad SMARTS) is 1. The number of nitrogens with zero attached hydrogens (tertiary/aromatic N) is 2. The van der Waals surface area contributed by atoms with E-state index in [2.05, 4.69) is 0 Å². The molecule has 2 aliphatic rings. The first kappa shape index (κ1) is 15.7. The number of carboxylic acids is 1. The standard InChI is InChI=1S/C17H20N2O4S/c1-10-16(12-5-3-4-6-14(12)18(10)2)24(22,23)19-11-7-8-15(19)13(9-11)17(20)21/h3-6,11,13,15H,7-9H2,1-2H3,(H,20,21). The summed E-state index contributed by atoms with van der Waals surface area (Å²) in [6, 6.07) is 6.83. The number of aliphatic carboxylic acids is 1. The number of para-hydroxylation sites is 1. The van der Waals surface area contributed by atoms with Gasteiger partial charge in [0.15, 0.2) is 0 Å². The molecule has 0 spiro atoms. The average molecular weight is 348 g/mol. The summed E-state index contributed by atoms with van der Waals surface area (Å²) in [6.45, 7) is 1.81. The van der Waals surface area contributed by atoms with Crippen LogP contribution >= 0.6 is 0 Å². The fourth-order valence-electron chi connectivity index (χ4n) is 4.50. The molecule has 1 aromatic heterocycles. The van der Waals surface area contributed by atoms with Gasteiger partial charge < -0.3 is 9.67 Å². The van der Waals surface area contributed by atoms with E-state index in [0.29, 0.717) is 28.8 Å². The van der Waals surface area contributed by atoms with Crippen molar-refractivity contribution in [2.75, 3.05) is 0 Å². The molecule has 128 valence electrons. The molecule has 4 rings (SSSR count). The summed E-state index contributed by atoms with van der Waals surface area (Å²) >= 11 is 0. The number of hydrogen-bond acceptors (Lipinski definition) is 3. The number of sulfonamides is 1. The van der Waals surface area contributed by atoms with Crippen LogP contribution in [0.25, 0.3) is 10.9 Å². The third kappa shape index (κ3) is 1.91. The van der Waals surface area contributed by atoms with E-state index in [4.69, 9.17) is 0 Å². The van der Waals surface area contributed by atoms with Crippen molar-refractivity contribution in [2.24, 2.45) is 13.0 Å². The summed E-state index contributed by atoms with van der Waals surface area (Å²) in [7, 11) is -1.87. The highest BCUT2D eigenvalue weighted by Gasteiger charge is 2.55. The van der Waals surface area contributed by atoms with Gasteiger partial charge in [-0.1, -0.05) is 18.2 Å². The Balaban J connectivity index is 1.89. The molecular formula is C17H20N2O4S. The molecule has 3 atom stereocenters. The number of fused-ring (bicyclic) bond motifs is 3. The van der Waals surface area contributed by atoms with Gasteiger partial charge in [0.25, 0.3) is 0 Å². The molecule has 3 unspecified atom stereocenters. The fourth-order valence-corrected chi connectivity index (χ4v) is 6.86. The van der Waals surface area contributed by atoms with Crippen molar-refractivity contribution < 1.29 is 18.3 Å². The van der Waals surface area contributed by atoms with Gasteiger partial charge in [0.2, 0.25) is 10.0 Å². The van der Waals surface area contributed by atoms with Crippen LogP contribution in [-0.4, -0.2) is 40.4 Å². The minimum absolute atomic E-state index is 0.195. The topological polar surface area (TPSA) is 79.6 Å². The molecule has 2 fully saturated rings. The smallest absolute Gasteiger partial charge is 0.308 e. The van der Waals surface area contributed by atoms with Gasteiger partial charge in [-0.2, -0.15) is 4.31 Å². The van der Waals surface area contributed by atoms with Gasteiger partial charge in [-0.05, 0) is 32.3 Å². The molecule has 1 N–H and O–H groups in total. The molecule has 0 aliphatic carbocycles. The number of carbonyl (C=O) groups is 1. The van der Waals surface area contributed by atoms with Gasteiger partial charge in [-0.25, -0.2) is 8.42 Å². The first-order chi connectivity index (χ1) is 11.3. The molecule has 0 amide bonds. The van der Waals surface area contributed by atoms with Crippen LogP contribution in [0.4, 0.5) is 0 Å². The normalized spacial score (nSPS) is 27.2. The molecule has 7 heteroatoms. The van der Waals surface area contributed by atoms with Crippen LogP contribution < -0.4 is 0 Å². The zero-order valence-corrected chi connectivity index (χ0v) is 14.5. The summed E-state index contributed by atoms with van der Waals surface area (Å²) in [4.78, 5) is 11.8. The number of hydrogen-bond donors (Lipinski definition) is 1. The summed E-state index contributed by atoms with van der Waals surface area (Å²) in [6.07, 6.45) is 1.80. The van der Waals surface area contributed by atoms with E-state index in [0.717, 1.165) is 11.9 Å². The predicted octanol–water partition coefficient (Wildman–Crippen LogP) is 2.11. The second-order valence-corrected chi connectivity index (χ2v) is 8.58. The van der Waals surface area contributed by atoms with Crippen molar-refractivity contribution >= 4 is 26.9 Å². The molecule has 2 aliphatic heterocycles. The van der Waals surface area contributed by atoms with Crippen LogP contribution in [0.5, 0.6) is 0 Å². The third-order valence-corrected chi connectivity index (χ3v) is 7.82. The van der Waals surface area contributed by atoms with Crippen LogP contribution in [0.3, 0.4) is 0 Å².